The molecule has 0 saturated carbocycles. The number of nitrogens with zero attached hydrogens (tertiary/aromatic N) is 1. The number of hydrogen-bond acceptors (Lipinski definition) is 4. The molecule has 6 nitrogen and oxygen atoms in total. The SMILES string of the molecule is CCC(C)N(CC(=O)O)CC1CNC(=O)O1. The molecule has 0 radical (unpaired) electrons. The Bertz CT molecular complexity index is 270. The first-order valence-corrected chi connectivity index (χ1v) is 5.43. The number of ether oxygens (including phenoxy) is 1. The van der Waals surface area contributed by atoms with E-state index in [4.69, 9.17) is 9.84 Å². The van der Waals surface area contributed by atoms with Crippen LogP contribution in [0.3, 0.4) is 0 Å². The Labute approximate surface area is 94.6 Å². The Morgan fingerprint density at radius 1 is 1.75 bits per heavy atom. The molecule has 0 spiro atoms. The molecule has 92 valence electrons. The van der Waals surface area contributed by atoms with E-state index in [0.29, 0.717) is 13.1 Å². The molecule has 1 heterocycles. The minimum absolute atomic E-state index is 0.0247. The molecule has 0 aromatic rings. The van der Waals surface area contributed by atoms with Gasteiger partial charge in [-0.3, -0.25) is 9.69 Å². The van der Waals surface area contributed by atoms with Crippen molar-refractivity contribution >= 4 is 12.1 Å². The average molecular weight is 230 g/mol. The third-order valence-electron chi connectivity index (χ3n) is 2.74. The van der Waals surface area contributed by atoms with Gasteiger partial charge in [0.25, 0.3) is 0 Å². The van der Waals surface area contributed by atoms with Gasteiger partial charge in [-0.25, -0.2) is 4.79 Å². The monoisotopic (exact) mass is 230 g/mol. The fourth-order valence-electron chi connectivity index (χ4n) is 1.63. The summed E-state index contributed by atoms with van der Waals surface area (Å²) in [7, 11) is 0. The lowest BCUT2D eigenvalue weighted by Gasteiger charge is -2.28. The fourth-order valence-corrected chi connectivity index (χ4v) is 1.63. The van der Waals surface area contributed by atoms with Crippen LogP contribution in [0, 0.1) is 0 Å². The average Bonchev–Trinajstić information content (AvgIpc) is 2.61. The van der Waals surface area contributed by atoms with Crippen LogP contribution in [0.1, 0.15) is 20.3 Å². The zero-order valence-electron chi connectivity index (χ0n) is 9.60. The van der Waals surface area contributed by atoms with Crippen LogP contribution in [0.15, 0.2) is 0 Å². The van der Waals surface area contributed by atoms with Gasteiger partial charge in [0.05, 0.1) is 13.1 Å². The number of nitrogens with one attached hydrogen (secondary N) is 1. The highest BCUT2D eigenvalue weighted by atomic mass is 16.6. The summed E-state index contributed by atoms with van der Waals surface area (Å²) >= 11 is 0. The van der Waals surface area contributed by atoms with Crippen LogP contribution in [-0.2, 0) is 9.53 Å². The minimum Gasteiger partial charge on any atom is -0.480 e. The summed E-state index contributed by atoms with van der Waals surface area (Å²) in [4.78, 5) is 23.3. The van der Waals surface area contributed by atoms with E-state index < -0.39 is 12.1 Å². The van der Waals surface area contributed by atoms with Crippen LogP contribution in [0.4, 0.5) is 4.79 Å². The lowest BCUT2D eigenvalue weighted by atomic mass is 10.2. The van der Waals surface area contributed by atoms with Gasteiger partial charge in [-0.2, -0.15) is 0 Å². The quantitative estimate of drug-likeness (QED) is 0.685. The molecule has 2 atom stereocenters. The highest BCUT2D eigenvalue weighted by molar-refractivity contribution is 5.70. The third kappa shape index (κ3) is 3.69. The summed E-state index contributed by atoms with van der Waals surface area (Å²) in [5.41, 5.74) is 0. The molecule has 16 heavy (non-hydrogen) atoms. The van der Waals surface area contributed by atoms with Gasteiger partial charge in [0.15, 0.2) is 0 Å². The number of carboxylic acid groups (broad SMARTS) is 1. The molecule has 1 fully saturated rings. The molecule has 6 heteroatoms. The van der Waals surface area contributed by atoms with Crippen LogP contribution < -0.4 is 5.32 Å². The minimum atomic E-state index is -0.863. The second-order valence-electron chi connectivity index (χ2n) is 3.99. The molecule has 1 amide bonds. The Kier molecular flexibility index (Phi) is 4.54. The zero-order valence-corrected chi connectivity index (χ0v) is 9.60. The van der Waals surface area contributed by atoms with E-state index in [1.807, 2.05) is 18.7 Å². The fraction of sp³-hybridized carbons (Fsp3) is 0.800. The Hall–Kier alpha value is -1.30. The van der Waals surface area contributed by atoms with Gasteiger partial charge in [0, 0.05) is 12.6 Å². The summed E-state index contributed by atoms with van der Waals surface area (Å²) in [5, 5.41) is 11.3. The number of rotatable bonds is 6. The highest BCUT2D eigenvalue weighted by Crippen LogP contribution is 2.08. The van der Waals surface area contributed by atoms with Crippen molar-refractivity contribution < 1.29 is 19.4 Å². The molecular formula is C10H18N2O4. The van der Waals surface area contributed by atoms with Gasteiger partial charge >= 0.3 is 12.1 Å². The molecule has 0 aromatic carbocycles. The molecule has 0 aromatic heterocycles. The molecule has 2 unspecified atom stereocenters. The van der Waals surface area contributed by atoms with Crippen LogP contribution in [0.2, 0.25) is 0 Å². The summed E-state index contributed by atoms with van der Waals surface area (Å²) in [6.45, 7) is 4.85. The predicted octanol–water partition coefficient (Wildman–Crippen LogP) is 0.280. The summed E-state index contributed by atoms with van der Waals surface area (Å²) in [6.07, 6.45) is 0.187. The van der Waals surface area contributed by atoms with Gasteiger partial charge in [-0.05, 0) is 13.3 Å². The third-order valence-corrected chi connectivity index (χ3v) is 2.74. The van der Waals surface area contributed by atoms with Crippen molar-refractivity contribution in [2.45, 2.75) is 32.4 Å². The van der Waals surface area contributed by atoms with Crippen molar-refractivity contribution in [3.63, 3.8) is 0 Å². The van der Waals surface area contributed by atoms with Crippen LogP contribution in [0.5, 0.6) is 0 Å². The first-order valence-electron chi connectivity index (χ1n) is 5.43. The number of carboxylic acids is 1. The van der Waals surface area contributed by atoms with E-state index in [9.17, 15) is 9.59 Å². The van der Waals surface area contributed by atoms with E-state index >= 15 is 0 Å². The lowest BCUT2D eigenvalue weighted by Crippen LogP contribution is -2.42. The van der Waals surface area contributed by atoms with Gasteiger partial charge in [0.1, 0.15) is 6.10 Å². The summed E-state index contributed by atoms with van der Waals surface area (Å²) < 4.78 is 4.98. The summed E-state index contributed by atoms with van der Waals surface area (Å²) in [6, 6.07) is 0.162. The molecule has 1 rings (SSSR count). The van der Waals surface area contributed by atoms with Crippen molar-refractivity contribution in [2.75, 3.05) is 19.6 Å². The van der Waals surface area contributed by atoms with Crippen molar-refractivity contribution in [1.82, 2.24) is 10.2 Å². The molecular weight excluding hydrogens is 212 g/mol. The largest absolute Gasteiger partial charge is 0.480 e. The maximum absolute atomic E-state index is 10.8. The zero-order chi connectivity index (χ0) is 12.1. The first kappa shape index (κ1) is 12.8. The number of carbonyl (C=O) groups excluding carboxylic acids is 1. The Morgan fingerprint density at radius 2 is 2.44 bits per heavy atom. The first-order chi connectivity index (χ1) is 7.52. The molecule has 1 aliphatic rings. The number of hydrogen-bond donors (Lipinski definition) is 2. The normalized spacial score (nSPS) is 21.7. The molecule has 1 saturated heterocycles. The Morgan fingerprint density at radius 3 is 2.88 bits per heavy atom. The second kappa shape index (κ2) is 5.69. The second-order valence-corrected chi connectivity index (χ2v) is 3.99. The van der Waals surface area contributed by atoms with Crippen LogP contribution in [-0.4, -0.2) is 53.8 Å². The van der Waals surface area contributed by atoms with E-state index in [-0.39, 0.29) is 18.7 Å². The van der Waals surface area contributed by atoms with Crippen molar-refractivity contribution in [2.24, 2.45) is 0 Å². The Balaban J connectivity index is 2.49. The van der Waals surface area contributed by atoms with Gasteiger partial charge in [-0.15, -0.1) is 0 Å². The standard InChI is InChI=1S/C10H18N2O4/c1-3-7(2)12(6-9(13)14)5-8-4-11-10(15)16-8/h7-8H,3-6H2,1-2H3,(H,11,15)(H,13,14). The number of alkyl carbamates (subject to hydrolysis) is 1. The van der Waals surface area contributed by atoms with Gasteiger partial charge in [-0.1, -0.05) is 6.92 Å². The van der Waals surface area contributed by atoms with Gasteiger partial charge in [0.2, 0.25) is 0 Å². The highest BCUT2D eigenvalue weighted by Gasteiger charge is 2.27. The summed E-state index contributed by atoms with van der Waals surface area (Å²) in [5.74, 6) is -0.863. The number of aliphatic carboxylic acids is 1. The maximum atomic E-state index is 10.8. The van der Waals surface area contributed by atoms with E-state index in [2.05, 4.69) is 5.32 Å². The van der Waals surface area contributed by atoms with Crippen molar-refractivity contribution in [3.05, 3.63) is 0 Å². The smallest absolute Gasteiger partial charge is 0.407 e. The van der Waals surface area contributed by atoms with Crippen LogP contribution >= 0.6 is 0 Å². The van der Waals surface area contributed by atoms with Crippen LogP contribution in [0.25, 0.3) is 0 Å². The predicted molar refractivity (Wildman–Crippen MR) is 57.2 cm³/mol. The number of amides is 1. The molecule has 0 aliphatic carbocycles. The molecule has 1 aliphatic heterocycles. The lowest BCUT2D eigenvalue weighted by molar-refractivity contribution is -0.139. The molecule has 2 N–H and O–H groups in total. The number of cyclic esters (lactones) is 1. The van der Waals surface area contributed by atoms with Crippen molar-refractivity contribution in [1.29, 1.82) is 0 Å². The van der Waals surface area contributed by atoms with Gasteiger partial charge < -0.3 is 15.2 Å². The van der Waals surface area contributed by atoms with E-state index in [1.165, 1.54) is 0 Å². The maximum Gasteiger partial charge on any atom is 0.407 e. The van der Waals surface area contributed by atoms with Crippen molar-refractivity contribution in [3.8, 4) is 0 Å². The number of carbonyl (C=O) groups is 2. The molecule has 0 bridgehead atoms. The van der Waals surface area contributed by atoms with E-state index in [1.54, 1.807) is 0 Å². The topological polar surface area (TPSA) is 78.9 Å². The van der Waals surface area contributed by atoms with E-state index in [0.717, 1.165) is 6.42 Å².